The Kier molecular flexibility index (Phi) is 5.43. The number of halogens is 2. The van der Waals surface area contributed by atoms with Crippen LogP contribution in [-0.4, -0.2) is 15.9 Å². The Morgan fingerprint density at radius 2 is 1.77 bits per heavy atom. The zero-order valence-electron chi connectivity index (χ0n) is 14.0. The van der Waals surface area contributed by atoms with Gasteiger partial charge in [0.05, 0.1) is 0 Å². The smallest absolute Gasteiger partial charge is 0.270 e. The first-order valence-electron chi connectivity index (χ1n) is 7.90. The van der Waals surface area contributed by atoms with Gasteiger partial charge in [0.1, 0.15) is 23.2 Å². The number of amides is 1. The molecule has 0 radical (unpaired) electrons. The fourth-order valence-corrected chi connectivity index (χ4v) is 2.43. The summed E-state index contributed by atoms with van der Waals surface area (Å²) in [4.78, 5) is 20.8. The number of nitrogens with zero attached hydrogens (tertiary/aromatic N) is 2. The first kappa shape index (κ1) is 17.8. The van der Waals surface area contributed by atoms with Crippen LogP contribution in [0.25, 0.3) is 0 Å². The van der Waals surface area contributed by atoms with Gasteiger partial charge in [-0.15, -0.1) is 0 Å². The standard InChI is InChI=1S/C19H16ClFN4O/c1-12-23-17(19(26)22-11-13-2-6-15(21)7-3-13)10-18(24-12)25-16-8-4-14(20)5-9-16/h2-10H,11H2,1H3,(H,22,26)(H,23,24,25). The summed E-state index contributed by atoms with van der Waals surface area (Å²) < 4.78 is 12.9. The summed E-state index contributed by atoms with van der Waals surface area (Å²) in [5.41, 5.74) is 1.84. The number of carbonyl (C=O) groups is 1. The molecule has 2 N–H and O–H groups in total. The molecule has 3 aromatic rings. The van der Waals surface area contributed by atoms with E-state index in [1.165, 1.54) is 12.1 Å². The topological polar surface area (TPSA) is 66.9 Å². The lowest BCUT2D eigenvalue weighted by Gasteiger charge is -2.09. The summed E-state index contributed by atoms with van der Waals surface area (Å²) >= 11 is 5.87. The summed E-state index contributed by atoms with van der Waals surface area (Å²) in [7, 11) is 0. The van der Waals surface area contributed by atoms with Gasteiger partial charge in [0.25, 0.3) is 5.91 Å². The van der Waals surface area contributed by atoms with Crippen LogP contribution in [0.15, 0.2) is 54.6 Å². The van der Waals surface area contributed by atoms with Crippen LogP contribution < -0.4 is 10.6 Å². The number of rotatable bonds is 5. The second-order valence-electron chi connectivity index (χ2n) is 5.63. The summed E-state index contributed by atoms with van der Waals surface area (Å²) in [5.74, 6) is 0.325. The number of nitrogens with one attached hydrogen (secondary N) is 2. The number of aromatic nitrogens is 2. The Labute approximate surface area is 155 Å². The molecule has 1 amide bonds. The molecule has 0 atom stereocenters. The molecule has 0 saturated carbocycles. The molecule has 5 nitrogen and oxygen atoms in total. The Bertz CT molecular complexity index is 914. The molecule has 2 aromatic carbocycles. The van der Waals surface area contributed by atoms with Crippen molar-refractivity contribution in [2.75, 3.05) is 5.32 Å². The van der Waals surface area contributed by atoms with Crippen molar-refractivity contribution in [3.05, 3.63) is 82.5 Å². The van der Waals surface area contributed by atoms with Gasteiger partial charge in [-0.05, 0) is 48.9 Å². The van der Waals surface area contributed by atoms with Crippen LogP contribution in [0, 0.1) is 12.7 Å². The quantitative estimate of drug-likeness (QED) is 0.704. The molecule has 1 heterocycles. The lowest BCUT2D eigenvalue weighted by atomic mass is 10.2. The SMILES string of the molecule is Cc1nc(Nc2ccc(Cl)cc2)cc(C(=O)NCc2ccc(F)cc2)n1. The number of hydrogen-bond donors (Lipinski definition) is 2. The zero-order chi connectivity index (χ0) is 18.5. The van der Waals surface area contributed by atoms with Crippen molar-refractivity contribution in [3.8, 4) is 0 Å². The average Bonchev–Trinajstić information content (AvgIpc) is 2.62. The predicted octanol–water partition coefficient (Wildman–Crippen LogP) is 4.25. The highest BCUT2D eigenvalue weighted by atomic mass is 35.5. The Morgan fingerprint density at radius 3 is 2.46 bits per heavy atom. The number of anilines is 2. The van der Waals surface area contributed by atoms with E-state index >= 15 is 0 Å². The average molecular weight is 371 g/mol. The molecular weight excluding hydrogens is 355 g/mol. The molecule has 0 aliphatic carbocycles. The molecule has 3 rings (SSSR count). The van der Waals surface area contributed by atoms with Gasteiger partial charge in [0.15, 0.2) is 0 Å². The first-order valence-corrected chi connectivity index (χ1v) is 8.28. The van der Waals surface area contributed by atoms with Crippen LogP contribution in [0.3, 0.4) is 0 Å². The zero-order valence-corrected chi connectivity index (χ0v) is 14.7. The van der Waals surface area contributed by atoms with Gasteiger partial charge in [-0.1, -0.05) is 23.7 Å². The normalized spacial score (nSPS) is 10.4. The van der Waals surface area contributed by atoms with E-state index in [1.807, 2.05) is 12.1 Å². The molecule has 0 aliphatic heterocycles. The maximum absolute atomic E-state index is 12.9. The third-order valence-corrected chi connectivity index (χ3v) is 3.81. The minimum absolute atomic E-state index is 0.246. The first-order chi connectivity index (χ1) is 12.5. The second kappa shape index (κ2) is 7.93. The van der Waals surface area contributed by atoms with Crippen molar-refractivity contribution in [2.24, 2.45) is 0 Å². The van der Waals surface area contributed by atoms with Gasteiger partial charge in [-0.2, -0.15) is 0 Å². The van der Waals surface area contributed by atoms with Gasteiger partial charge >= 0.3 is 0 Å². The van der Waals surface area contributed by atoms with Gasteiger partial charge in [0.2, 0.25) is 0 Å². The lowest BCUT2D eigenvalue weighted by Crippen LogP contribution is -2.24. The Morgan fingerprint density at radius 1 is 1.08 bits per heavy atom. The highest BCUT2D eigenvalue weighted by Crippen LogP contribution is 2.18. The van der Waals surface area contributed by atoms with Crippen molar-refractivity contribution < 1.29 is 9.18 Å². The second-order valence-corrected chi connectivity index (χ2v) is 6.06. The van der Waals surface area contributed by atoms with Crippen molar-refractivity contribution >= 4 is 29.0 Å². The molecule has 0 bridgehead atoms. The summed E-state index contributed by atoms with van der Waals surface area (Å²) in [5, 5.41) is 6.51. The monoisotopic (exact) mass is 370 g/mol. The van der Waals surface area contributed by atoms with Crippen molar-refractivity contribution in [2.45, 2.75) is 13.5 Å². The van der Waals surface area contributed by atoms with Gasteiger partial charge in [-0.25, -0.2) is 14.4 Å². The van der Waals surface area contributed by atoms with Crippen LogP contribution in [0.1, 0.15) is 21.9 Å². The molecular formula is C19H16ClFN4O. The molecule has 0 spiro atoms. The molecule has 132 valence electrons. The molecule has 26 heavy (non-hydrogen) atoms. The molecule has 0 unspecified atom stereocenters. The fourth-order valence-electron chi connectivity index (χ4n) is 2.30. The van der Waals surface area contributed by atoms with E-state index < -0.39 is 0 Å². The summed E-state index contributed by atoms with van der Waals surface area (Å²) in [6, 6.07) is 14.7. The molecule has 1 aromatic heterocycles. The van der Waals surface area contributed by atoms with E-state index in [9.17, 15) is 9.18 Å². The van der Waals surface area contributed by atoms with Crippen LogP contribution in [-0.2, 0) is 6.54 Å². The van der Waals surface area contributed by atoms with Crippen LogP contribution in [0.5, 0.6) is 0 Å². The summed E-state index contributed by atoms with van der Waals surface area (Å²) in [6.07, 6.45) is 0. The number of aryl methyl sites for hydroxylation is 1. The van der Waals surface area contributed by atoms with E-state index in [0.717, 1.165) is 11.3 Å². The van der Waals surface area contributed by atoms with Crippen LogP contribution >= 0.6 is 11.6 Å². The molecule has 0 fully saturated rings. The fraction of sp³-hybridized carbons (Fsp3) is 0.105. The highest BCUT2D eigenvalue weighted by Gasteiger charge is 2.11. The summed E-state index contributed by atoms with van der Waals surface area (Å²) in [6.45, 7) is 1.99. The lowest BCUT2D eigenvalue weighted by molar-refractivity contribution is 0.0945. The van der Waals surface area contributed by atoms with E-state index in [0.29, 0.717) is 16.7 Å². The van der Waals surface area contributed by atoms with E-state index in [2.05, 4.69) is 20.6 Å². The third kappa shape index (κ3) is 4.77. The number of hydrogen-bond acceptors (Lipinski definition) is 4. The molecule has 7 heteroatoms. The van der Waals surface area contributed by atoms with Crippen LogP contribution in [0.2, 0.25) is 5.02 Å². The van der Waals surface area contributed by atoms with E-state index in [1.54, 1.807) is 37.3 Å². The van der Waals surface area contributed by atoms with Crippen LogP contribution in [0.4, 0.5) is 15.9 Å². The Hall–Kier alpha value is -2.99. The maximum atomic E-state index is 12.9. The molecule has 0 saturated heterocycles. The van der Waals surface area contributed by atoms with Crippen molar-refractivity contribution in [1.29, 1.82) is 0 Å². The number of benzene rings is 2. The minimum Gasteiger partial charge on any atom is -0.347 e. The number of carbonyl (C=O) groups excluding carboxylic acids is 1. The van der Waals surface area contributed by atoms with Gasteiger partial charge < -0.3 is 10.6 Å². The van der Waals surface area contributed by atoms with Crippen molar-refractivity contribution in [1.82, 2.24) is 15.3 Å². The third-order valence-electron chi connectivity index (χ3n) is 3.55. The highest BCUT2D eigenvalue weighted by molar-refractivity contribution is 6.30. The van der Waals surface area contributed by atoms with Gasteiger partial charge in [-0.3, -0.25) is 4.79 Å². The van der Waals surface area contributed by atoms with E-state index in [-0.39, 0.29) is 24.0 Å². The molecule has 0 aliphatic rings. The van der Waals surface area contributed by atoms with E-state index in [4.69, 9.17) is 11.6 Å². The van der Waals surface area contributed by atoms with Crippen molar-refractivity contribution in [3.63, 3.8) is 0 Å². The Balaban J connectivity index is 1.70. The minimum atomic E-state index is -0.334. The largest absolute Gasteiger partial charge is 0.347 e. The predicted molar refractivity (Wildman–Crippen MR) is 99.1 cm³/mol. The maximum Gasteiger partial charge on any atom is 0.270 e. The van der Waals surface area contributed by atoms with Gasteiger partial charge in [0, 0.05) is 23.3 Å².